The Morgan fingerprint density at radius 1 is 1.15 bits per heavy atom. The molecule has 33 heavy (non-hydrogen) atoms. The largest absolute Gasteiger partial charge is 0.444 e. The molecule has 1 saturated heterocycles. The second kappa shape index (κ2) is 9.44. The summed E-state index contributed by atoms with van der Waals surface area (Å²) in [5.74, 6) is 0.665. The van der Waals surface area contributed by atoms with Gasteiger partial charge in [-0.15, -0.1) is 0 Å². The zero-order chi connectivity index (χ0) is 24.5. The molecule has 2 aromatic heterocycles. The lowest BCUT2D eigenvalue weighted by molar-refractivity contribution is 0.0501. The number of aryl methyl sites for hydroxylation is 1. The first-order valence-corrected chi connectivity index (χ1v) is 11.4. The molecule has 1 atom stereocenters. The van der Waals surface area contributed by atoms with E-state index < -0.39 is 17.4 Å². The van der Waals surface area contributed by atoms with Gasteiger partial charge in [-0.3, -0.25) is 13.9 Å². The van der Waals surface area contributed by atoms with Gasteiger partial charge in [0.1, 0.15) is 5.60 Å². The van der Waals surface area contributed by atoms with Crippen LogP contribution in [0.15, 0.2) is 21.2 Å². The van der Waals surface area contributed by atoms with Crippen molar-refractivity contribution < 1.29 is 9.53 Å². The van der Waals surface area contributed by atoms with Crippen LogP contribution in [-0.4, -0.2) is 49.5 Å². The molecule has 182 valence electrons. The Kier molecular flexibility index (Phi) is 7.04. The van der Waals surface area contributed by atoms with Gasteiger partial charge in [-0.05, 0) is 53.9 Å². The Balaban J connectivity index is 1.94. The summed E-state index contributed by atoms with van der Waals surface area (Å²) in [6, 6.07) is -0.00214. The van der Waals surface area contributed by atoms with Crippen LogP contribution in [0.1, 0.15) is 53.9 Å². The minimum Gasteiger partial charge on any atom is -0.444 e. The predicted octanol–water partition coefficient (Wildman–Crippen LogP) is 2.28. The fraction of sp³-hybridized carbons (Fsp3) is 0.652. The maximum Gasteiger partial charge on any atom is 0.407 e. The number of aromatic nitrogens is 4. The third-order valence-corrected chi connectivity index (χ3v) is 5.74. The van der Waals surface area contributed by atoms with Crippen LogP contribution in [0, 0.1) is 0 Å². The van der Waals surface area contributed by atoms with Gasteiger partial charge in [-0.25, -0.2) is 9.59 Å². The van der Waals surface area contributed by atoms with Crippen molar-refractivity contribution in [1.29, 1.82) is 0 Å². The molecule has 1 aliphatic heterocycles. The van der Waals surface area contributed by atoms with Gasteiger partial charge in [0.15, 0.2) is 11.2 Å². The van der Waals surface area contributed by atoms with Crippen LogP contribution < -0.4 is 21.5 Å². The van der Waals surface area contributed by atoms with E-state index in [0.717, 1.165) is 35.9 Å². The fourth-order valence-corrected chi connectivity index (χ4v) is 4.04. The van der Waals surface area contributed by atoms with Crippen molar-refractivity contribution in [3.8, 4) is 0 Å². The van der Waals surface area contributed by atoms with Crippen molar-refractivity contribution in [2.24, 2.45) is 14.1 Å². The number of alkyl carbamates (subject to hydrolysis) is 1. The monoisotopic (exact) mass is 460 g/mol. The van der Waals surface area contributed by atoms with E-state index in [9.17, 15) is 14.4 Å². The molecular weight excluding hydrogens is 424 g/mol. The van der Waals surface area contributed by atoms with E-state index in [1.807, 2.05) is 45.3 Å². The van der Waals surface area contributed by atoms with Crippen molar-refractivity contribution in [2.45, 2.75) is 72.1 Å². The molecule has 1 fully saturated rings. The van der Waals surface area contributed by atoms with Crippen LogP contribution in [0.2, 0.25) is 0 Å². The molecule has 0 radical (unpaired) electrons. The minimum absolute atomic E-state index is 0.00214. The van der Waals surface area contributed by atoms with Crippen molar-refractivity contribution in [1.82, 2.24) is 24.0 Å². The first-order chi connectivity index (χ1) is 15.4. The van der Waals surface area contributed by atoms with E-state index in [-0.39, 0.29) is 11.6 Å². The Bertz CT molecular complexity index is 1180. The molecule has 0 aromatic carbocycles. The minimum atomic E-state index is -0.543. The summed E-state index contributed by atoms with van der Waals surface area (Å²) >= 11 is 0. The first-order valence-electron chi connectivity index (χ1n) is 11.4. The predicted molar refractivity (Wildman–Crippen MR) is 129 cm³/mol. The third-order valence-electron chi connectivity index (χ3n) is 5.74. The molecule has 3 rings (SSSR count). The molecule has 0 aliphatic carbocycles. The maximum atomic E-state index is 13.0. The molecule has 0 bridgehead atoms. The van der Waals surface area contributed by atoms with E-state index in [0.29, 0.717) is 30.2 Å². The molecule has 3 heterocycles. The second-order valence-corrected chi connectivity index (χ2v) is 9.94. The van der Waals surface area contributed by atoms with E-state index in [2.05, 4.69) is 10.2 Å². The molecule has 10 nitrogen and oxygen atoms in total. The van der Waals surface area contributed by atoms with Crippen LogP contribution in [-0.2, 0) is 25.4 Å². The van der Waals surface area contributed by atoms with Crippen LogP contribution in [0.3, 0.4) is 0 Å². The van der Waals surface area contributed by atoms with Crippen molar-refractivity contribution >= 4 is 23.2 Å². The number of rotatable bonds is 4. The van der Waals surface area contributed by atoms with Gasteiger partial charge < -0.3 is 19.5 Å². The van der Waals surface area contributed by atoms with Crippen molar-refractivity contribution in [3.05, 3.63) is 32.5 Å². The SMILES string of the molecule is CC(C)=CCn1c(N2CCCC(NC(=O)OC(C)(C)C)CC2)nc2c1c(=O)n(C)c(=O)n2C. The van der Waals surface area contributed by atoms with Crippen molar-refractivity contribution in [3.63, 3.8) is 0 Å². The molecule has 0 spiro atoms. The van der Waals surface area contributed by atoms with Gasteiger partial charge in [-0.1, -0.05) is 11.6 Å². The Morgan fingerprint density at radius 2 is 1.85 bits per heavy atom. The van der Waals surface area contributed by atoms with Gasteiger partial charge in [0.25, 0.3) is 5.56 Å². The summed E-state index contributed by atoms with van der Waals surface area (Å²) < 4.78 is 9.84. The standard InChI is InChI=1S/C23H36N6O4/c1-15(2)10-14-29-17-18(26(6)22(32)27(7)19(17)30)25-20(29)28-12-8-9-16(11-13-28)24-21(31)33-23(3,4)5/h10,16H,8-9,11-14H2,1-7H3,(H,24,31). The van der Waals surface area contributed by atoms with Crippen LogP contribution >= 0.6 is 0 Å². The van der Waals surface area contributed by atoms with Gasteiger partial charge in [0.05, 0.1) is 0 Å². The van der Waals surface area contributed by atoms with E-state index in [4.69, 9.17) is 9.72 Å². The lowest BCUT2D eigenvalue weighted by Gasteiger charge is -2.24. The number of ether oxygens (including phenoxy) is 1. The molecule has 0 saturated carbocycles. The van der Waals surface area contributed by atoms with E-state index in [1.165, 1.54) is 11.6 Å². The average molecular weight is 461 g/mol. The average Bonchev–Trinajstić information content (AvgIpc) is 2.94. The normalized spacial score (nSPS) is 17.1. The second-order valence-electron chi connectivity index (χ2n) is 9.94. The number of nitrogens with one attached hydrogen (secondary N) is 1. The highest BCUT2D eigenvalue weighted by atomic mass is 16.6. The summed E-state index contributed by atoms with van der Waals surface area (Å²) in [5.41, 5.74) is 0.630. The molecular formula is C23H36N6O4. The molecule has 1 unspecified atom stereocenters. The van der Waals surface area contributed by atoms with E-state index >= 15 is 0 Å². The fourth-order valence-electron chi connectivity index (χ4n) is 4.04. The number of hydrogen-bond donors (Lipinski definition) is 1. The quantitative estimate of drug-likeness (QED) is 0.702. The molecule has 1 amide bonds. The highest BCUT2D eigenvalue weighted by molar-refractivity contribution is 5.74. The van der Waals surface area contributed by atoms with Gasteiger partial charge in [0, 0.05) is 39.8 Å². The van der Waals surface area contributed by atoms with Crippen LogP contribution in [0.5, 0.6) is 0 Å². The molecule has 1 N–H and O–H groups in total. The molecule has 10 heteroatoms. The summed E-state index contributed by atoms with van der Waals surface area (Å²) in [5, 5.41) is 2.98. The third kappa shape index (κ3) is 5.48. The number of anilines is 1. The Morgan fingerprint density at radius 3 is 2.48 bits per heavy atom. The number of hydrogen-bond acceptors (Lipinski definition) is 6. The maximum absolute atomic E-state index is 13.0. The molecule has 2 aromatic rings. The van der Waals surface area contributed by atoms with Gasteiger partial charge >= 0.3 is 11.8 Å². The topological polar surface area (TPSA) is 103 Å². The van der Waals surface area contributed by atoms with Gasteiger partial charge in [-0.2, -0.15) is 4.98 Å². The van der Waals surface area contributed by atoms with Crippen molar-refractivity contribution in [2.75, 3.05) is 18.0 Å². The summed E-state index contributed by atoms with van der Waals surface area (Å²) in [7, 11) is 3.12. The summed E-state index contributed by atoms with van der Waals surface area (Å²) in [4.78, 5) is 44.6. The summed E-state index contributed by atoms with van der Waals surface area (Å²) in [6.45, 7) is 11.4. The van der Waals surface area contributed by atoms with Gasteiger partial charge in [0.2, 0.25) is 5.95 Å². The Labute approximate surface area is 193 Å². The number of nitrogens with zero attached hydrogens (tertiary/aromatic N) is 5. The number of allylic oxidation sites excluding steroid dienone is 2. The van der Waals surface area contributed by atoms with Crippen LogP contribution in [0.25, 0.3) is 11.2 Å². The lowest BCUT2D eigenvalue weighted by atomic mass is 10.1. The highest BCUT2D eigenvalue weighted by Crippen LogP contribution is 2.23. The number of carbonyl (C=O) groups is 1. The number of carbonyl (C=O) groups excluding carboxylic acids is 1. The zero-order valence-corrected chi connectivity index (χ0v) is 20.8. The number of imidazole rings is 1. The highest BCUT2D eigenvalue weighted by Gasteiger charge is 2.26. The number of amides is 1. The summed E-state index contributed by atoms with van der Waals surface area (Å²) in [6.07, 6.45) is 4.03. The number of fused-ring (bicyclic) bond motifs is 1. The van der Waals surface area contributed by atoms with Crippen LogP contribution in [0.4, 0.5) is 10.7 Å². The van der Waals surface area contributed by atoms with E-state index in [1.54, 1.807) is 7.05 Å². The zero-order valence-electron chi connectivity index (χ0n) is 20.8. The lowest BCUT2D eigenvalue weighted by Crippen LogP contribution is -2.39. The first kappa shape index (κ1) is 24.6. The smallest absolute Gasteiger partial charge is 0.407 e. The Hall–Kier alpha value is -3.04. The molecule has 1 aliphatic rings.